The van der Waals surface area contributed by atoms with Gasteiger partial charge in [0.05, 0.1) is 24.1 Å². The summed E-state index contributed by atoms with van der Waals surface area (Å²) in [4.78, 5) is 24.4. The number of aromatic nitrogens is 3. The Bertz CT molecular complexity index is 1260. The number of benzene rings is 1. The van der Waals surface area contributed by atoms with E-state index in [9.17, 15) is 9.18 Å². The van der Waals surface area contributed by atoms with Gasteiger partial charge in [-0.15, -0.1) is 0 Å². The van der Waals surface area contributed by atoms with E-state index in [4.69, 9.17) is 15.0 Å². The minimum atomic E-state index is -0.630. The molecule has 33 heavy (non-hydrogen) atoms. The van der Waals surface area contributed by atoms with Crippen LogP contribution in [0.1, 0.15) is 31.7 Å². The Hall–Kier alpha value is -3.73. The first-order chi connectivity index (χ1) is 16.0. The summed E-state index contributed by atoms with van der Waals surface area (Å²) in [6, 6.07) is 9.71. The predicted octanol–water partition coefficient (Wildman–Crippen LogP) is 4.16. The number of anilines is 1. The van der Waals surface area contributed by atoms with Crippen molar-refractivity contribution in [1.29, 1.82) is 5.26 Å². The molecule has 7 nitrogen and oxygen atoms in total. The van der Waals surface area contributed by atoms with Gasteiger partial charge in [-0.3, -0.25) is 4.79 Å². The molecular formula is C25H26FN5O2. The monoisotopic (exact) mass is 447 g/mol. The minimum Gasteiger partial charge on any atom is -0.481 e. The van der Waals surface area contributed by atoms with Crippen LogP contribution in [0.2, 0.25) is 0 Å². The van der Waals surface area contributed by atoms with Gasteiger partial charge in [0, 0.05) is 43.5 Å². The SMILES string of the molecule is CCC1CCN(c2nc(-c3ccc(C#N)c(F)c3)c(-c3ccc(OC)nc3)n(C)c2=O)CC1. The second-order valence-electron chi connectivity index (χ2n) is 8.23. The van der Waals surface area contributed by atoms with Crippen LogP contribution in [0, 0.1) is 23.1 Å². The summed E-state index contributed by atoms with van der Waals surface area (Å²) in [6.45, 7) is 3.70. The highest BCUT2D eigenvalue weighted by Gasteiger charge is 2.25. The van der Waals surface area contributed by atoms with E-state index in [2.05, 4.69) is 11.9 Å². The largest absolute Gasteiger partial charge is 0.481 e. The molecular weight excluding hydrogens is 421 g/mol. The molecule has 2 aromatic heterocycles. The average Bonchev–Trinajstić information content (AvgIpc) is 2.85. The average molecular weight is 448 g/mol. The van der Waals surface area contributed by atoms with Gasteiger partial charge < -0.3 is 14.2 Å². The van der Waals surface area contributed by atoms with E-state index in [-0.39, 0.29) is 11.1 Å². The molecule has 0 aliphatic carbocycles. The number of hydrogen-bond acceptors (Lipinski definition) is 6. The van der Waals surface area contributed by atoms with Crippen molar-refractivity contribution in [2.75, 3.05) is 25.1 Å². The number of hydrogen-bond donors (Lipinski definition) is 0. The molecule has 1 aromatic carbocycles. The summed E-state index contributed by atoms with van der Waals surface area (Å²) in [5, 5.41) is 9.12. The standard InChI is InChI=1S/C25H26FN5O2/c1-4-16-9-11-31(12-10-16)24-25(32)30(2)23(19-7-8-21(33-3)28-15-19)22(29-24)17-5-6-18(14-27)20(26)13-17/h5-8,13,15-16H,4,9-12H2,1-3H3. The van der Waals surface area contributed by atoms with Gasteiger partial charge in [0.2, 0.25) is 5.88 Å². The fourth-order valence-corrected chi connectivity index (χ4v) is 4.30. The van der Waals surface area contributed by atoms with Crippen molar-refractivity contribution in [3.63, 3.8) is 0 Å². The third-order valence-corrected chi connectivity index (χ3v) is 6.35. The Morgan fingerprint density at radius 2 is 1.94 bits per heavy atom. The molecule has 0 spiro atoms. The lowest BCUT2D eigenvalue weighted by Crippen LogP contribution is -2.39. The topological polar surface area (TPSA) is 84.0 Å². The summed E-state index contributed by atoms with van der Waals surface area (Å²) in [5.41, 5.74) is 1.86. The first-order valence-corrected chi connectivity index (χ1v) is 11.0. The number of methoxy groups -OCH3 is 1. The second kappa shape index (κ2) is 9.41. The second-order valence-corrected chi connectivity index (χ2v) is 8.23. The molecule has 0 atom stereocenters. The molecule has 3 heterocycles. The Morgan fingerprint density at radius 1 is 1.21 bits per heavy atom. The molecule has 4 rings (SSSR count). The summed E-state index contributed by atoms with van der Waals surface area (Å²) in [7, 11) is 3.22. The van der Waals surface area contributed by atoms with Crippen molar-refractivity contribution in [2.24, 2.45) is 13.0 Å². The quantitative estimate of drug-likeness (QED) is 0.584. The third-order valence-electron chi connectivity index (χ3n) is 6.35. The van der Waals surface area contributed by atoms with Crippen LogP contribution in [0.4, 0.5) is 10.2 Å². The van der Waals surface area contributed by atoms with Gasteiger partial charge in [-0.2, -0.15) is 5.26 Å². The number of pyridine rings is 1. The number of halogens is 1. The van der Waals surface area contributed by atoms with Gasteiger partial charge in [-0.1, -0.05) is 19.4 Å². The maximum Gasteiger partial charge on any atom is 0.293 e. The van der Waals surface area contributed by atoms with E-state index in [1.165, 1.54) is 19.2 Å². The highest BCUT2D eigenvalue weighted by molar-refractivity contribution is 5.79. The molecule has 0 saturated carbocycles. The molecule has 0 amide bonds. The van der Waals surface area contributed by atoms with Crippen LogP contribution >= 0.6 is 0 Å². The lowest BCUT2D eigenvalue weighted by Gasteiger charge is -2.32. The lowest BCUT2D eigenvalue weighted by molar-refractivity contribution is 0.393. The van der Waals surface area contributed by atoms with Crippen LogP contribution in [0.25, 0.3) is 22.5 Å². The molecule has 1 aliphatic rings. The number of piperidine rings is 1. The van der Waals surface area contributed by atoms with Crippen molar-refractivity contribution < 1.29 is 9.13 Å². The molecule has 8 heteroatoms. The van der Waals surface area contributed by atoms with Crippen molar-refractivity contribution >= 4 is 5.82 Å². The number of rotatable bonds is 5. The number of nitrogens with zero attached hydrogens (tertiary/aromatic N) is 5. The maximum absolute atomic E-state index is 14.5. The molecule has 1 saturated heterocycles. The van der Waals surface area contributed by atoms with Gasteiger partial charge in [0.25, 0.3) is 5.56 Å². The number of ether oxygens (including phenoxy) is 1. The molecule has 0 bridgehead atoms. The van der Waals surface area contributed by atoms with Crippen LogP contribution in [0.5, 0.6) is 5.88 Å². The van der Waals surface area contributed by atoms with Crippen molar-refractivity contribution in [3.8, 4) is 34.5 Å². The molecule has 0 unspecified atom stereocenters. The molecule has 0 N–H and O–H groups in total. The Morgan fingerprint density at radius 3 is 2.52 bits per heavy atom. The maximum atomic E-state index is 14.5. The molecule has 1 aliphatic heterocycles. The fourth-order valence-electron chi connectivity index (χ4n) is 4.30. The summed E-state index contributed by atoms with van der Waals surface area (Å²) >= 11 is 0. The molecule has 3 aromatic rings. The summed E-state index contributed by atoms with van der Waals surface area (Å²) in [5.74, 6) is 0.826. The van der Waals surface area contributed by atoms with Gasteiger partial charge in [0.1, 0.15) is 11.9 Å². The zero-order valence-corrected chi connectivity index (χ0v) is 19.0. The van der Waals surface area contributed by atoms with Crippen LogP contribution in [-0.4, -0.2) is 34.7 Å². The van der Waals surface area contributed by atoms with E-state index < -0.39 is 5.82 Å². The Balaban J connectivity index is 1.90. The Kier molecular flexibility index (Phi) is 6.40. The molecule has 170 valence electrons. The van der Waals surface area contributed by atoms with Crippen LogP contribution in [-0.2, 0) is 7.05 Å². The van der Waals surface area contributed by atoms with E-state index in [1.54, 1.807) is 36.0 Å². The lowest BCUT2D eigenvalue weighted by atomic mass is 9.94. The normalized spacial score (nSPS) is 14.2. The Labute approximate surface area is 192 Å². The van der Waals surface area contributed by atoms with Gasteiger partial charge in [0.15, 0.2) is 5.82 Å². The highest BCUT2D eigenvalue weighted by atomic mass is 19.1. The highest BCUT2D eigenvalue weighted by Crippen LogP contribution is 2.33. The zero-order valence-electron chi connectivity index (χ0n) is 19.0. The van der Waals surface area contributed by atoms with Gasteiger partial charge in [-0.05, 0) is 37.0 Å². The van der Waals surface area contributed by atoms with Crippen molar-refractivity contribution in [2.45, 2.75) is 26.2 Å². The zero-order chi connectivity index (χ0) is 23.5. The summed E-state index contributed by atoms with van der Waals surface area (Å²) < 4.78 is 21.2. The smallest absolute Gasteiger partial charge is 0.293 e. The van der Waals surface area contributed by atoms with E-state index >= 15 is 0 Å². The van der Waals surface area contributed by atoms with Crippen molar-refractivity contribution in [1.82, 2.24) is 14.5 Å². The van der Waals surface area contributed by atoms with Crippen LogP contribution in [0.15, 0.2) is 41.3 Å². The van der Waals surface area contributed by atoms with Gasteiger partial charge in [-0.25, -0.2) is 14.4 Å². The van der Waals surface area contributed by atoms with Crippen molar-refractivity contribution in [3.05, 3.63) is 58.3 Å². The third kappa shape index (κ3) is 4.31. The molecule has 0 radical (unpaired) electrons. The van der Waals surface area contributed by atoms with E-state index in [1.807, 2.05) is 11.0 Å². The fraction of sp³-hybridized carbons (Fsp3) is 0.360. The van der Waals surface area contributed by atoms with Gasteiger partial charge >= 0.3 is 0 Å². The van der Waals surface area contributed by atoms with Crippen LogP contribution < -0.4 is 15.2 Å². The molecule has 1 fully saturated rings. The number of nitriles is 1. The first kappa shape index (κ1) is 22.5. The van der Waals surface area contributed by atoms with Crippen LogP contribution in [0.3, 0.4) is 0 Å². The summed E-state index contributed by atoms with van der Waals surface area (Å²) in [6.07, 6.45) is 4.74. The van der Waals surface area contributed by atoms with E-state index in [0.717, 1.165) is 32.4 Å². The predicted molar refractivity (Wildman–Crippen MR) is 125 cm³/mol. The first-order valence-electron chi connectivity index (χ1n) is 11.0. The minimum absolute atomic E-state index is 0.0434. The van der Waals surface area contributed by atoms with E-state index in [0.29, 0.717) is 40.1 Å².